The van der Waals surface area contributed by atoms with E-state index in [1.807, 2.05) is 60.8 Å². The van der Waals surface area contributed by atoms with E-state index in [-0.39, 0.29) is 5.91 Å². The van der Waals surface area contributed by atoms with Gasteiger partial charge in [-0.25, -0.2) is 5.43 Å². The number of benzene rings is 3. The van der Waals surface area contributed by atoms with Crippen molar-refractivity contribution in [3.8, 4) is 5.75 Å². The van der Waals surface area contributed by atoms with Crippen LogP contribution in [0.15, 0.2) is 88.6 Å². The highest BCUT2D eigenvalue weighted by molar-refractivity contribution is 9.10. The summed E-state index contributed by atoms with van der Waals surface area (Å²) in [5.74, 6) is 0.186. The summed E-state index contributed by atoms with van der Waals surface area (Å²) in [6.45, 7) is 0.388. The largest absolute Gasteiger partial charge is 0.488 e. The molecule has 0 atom stereocenters. The lowest BCUT2D eigenvalue weighted by atomic mass is 10.2. The predicted molar refractivity (Wildman–Crippen MR) is 118 cm³/mol. The quantitative estimate of drug-likeness (QED) is 0.312. The zero-order chi connectivity index (χ0) is 20.1. The first-order chi connectivity index (χ1) is 14.2. The molecule has 0 aliphatic rings. The summed E-state index contributed by atoms with van der Waals surface area (Å²) in [7, 11) is 0. The van der Waals surface area contributed by atoms with E-state index in [9.17, 15) is 4.79 Å². The topological polar surface area (TPSA) is 66.5 Å². The van der Waals surface area contributed by atoms with E-state index in [0.29, 0.717) is 17.9 Å². The zero-order valence-electron chi connectivity index (χ0n) is 15.4. The lowest BCUT2D eigenvalue weighted by molar-refractivity contribution is 0.0950. The third-order valence-electron chi connectivity index (χ3n) is 4.41. The molecule has 1 aromatic heterocycles. The van der Waals surface area contributed by atoms with Gasteiger partial charge in [0, 0.05) is 27.1 Å². The van der Waals surface area contributed by atoms with Gasteiger partial charge in [-0.15, -0.1) is 0 Å². The predicted octanol–water partition coefficient (Wildman–Crippen LogP) is 5.27. The summed E-state index contributed by atoms with van der Waals surface area (Å²) >= 11 is 3.47. The van der Waals surface area contributed by atoms with Crippen LogP contribution in [0.4, 0.5) is 0 Å². The molecule has 5 nitrogen and oxygen atoms in total. The number of amides is 1. The number of carbonyl (C=O) groups is 1. The van der Waals surface area contributed by atoms with E-state index in [1.54, 1.807) is 24.4 Å². The number of aromatic nitrogens is 1. The smallest absolute Gasteiger partial charge is 0.275 e. The van der Waals surface area contributed by atoms with Crippen LogP contribution in [0.1, 0.15) is 21.5 Å². The van der Waals surface area contributed by atoms with Gasteiger partial charge in [0.15, 0.2) is 0 Å². The molecule has 0 saturated heterocycles. The SMILES string of the molecule is O=C(N/N=C\c1c[nH]c2ccc(Br)cc12)c1ccccc1OCc1ccccc1. The first-order valence-corrected chi connectivity index (χ1v) is 9.86. The van der Waals surface area contributed by atoms with E-state index in [0.717, 1.165) is 26.5 Å². The molecule has 0 fully saturated rings. The third-order valence-corrected chi connectivity index (χ3v) is 4.91. The number of hydrazone groups is 1. The van der Waals surface area contributed by atoms with Gasteiger partial charge in [-0.1, -0.05) is 58.4 Å². The van der Waals surface area contributed by atoms with E-state index in [1.165, 1.54) is 0 Å². The van der Waals surface area contributed by atoms with Crippen LogP contribution in [0, 0.1) is 0 Å². The fraction of sp³-hybridized carbons (Fsp3) is 0.0435. The van der Waals surface area contributed by atoms with Crippen molar-refractivity contribution in [1.82, 2.24) is 10.4 Å². The van der Waals surface area contributed by atoms with Crippen molar-refractivity contribution in [3.05, 3.63) is 100 Å². The van der Waals surface area contributed by atoms with Crippen molar-refractivity contribution in [3.63, 3.8) is 0 Å². The number of aromatic amines is 1. The molecular weight excluding hydrogens is 430 g/mol. The molecule has 0 radical (unpaired) electrons. The van der Waals surface area contributed by atoms with Crippen LogP contribution in [0.3, 0.4) is 0 Å². The van der Waals surface area contributed by atoms with Crippen molar-refractivity contribution in [1.29, 1.82) is 0 Å². The lowest BCUT2D eigenvalue weighted by Crippen LogP contribution is -2.18. The summed E-state index contributed by atoms with van der Waals surface area (Å²) in [5, 5.41) is 5.13. The van der Waals surface area contributed by atoms with Gasteiger partial charge in [0.2, 0.25) is 0 Å². The van der Waals surface area contributed by atoms with Crippen molar-refractivity contribution >= 4 is 39.0 Å². The molecule has 1 heterocycles. The van der Waals surface area contributed by atoms with Crippen LogP contribution in [0.2, 0.25) is 0 Å². The fourth-order valence-corrected chi connectivity index (χ4v) is 3.32. The van der Waals surface area contributed by atoms with Crippen molar-refractivity contribution in [2.45, 2.75) is 6.61 Å². The maximum atomic E-state index is 12.6. The van der Waals surface area contributed by atoms with Crippen LogP contribution in [-0.2, 0) is 6.61 Å². The Bertz CT molecular complexity index is 1170. The molecule has 4 aromatic rings. The van der Waals surface area contributed by atoms with Crippen molar-refractivity contribution in [2.24, 2.45) is 5.10 Å². The summed E-state index contributed by atoms with van der Waals surface area (Å²) < 4.78 is 6.82. The average molecular weight is 448 g/mol. The van der Waals surface area contributed by atoms with Crippen molar-refractivity contribution < 1.29 is 9.53 Å². The second-order valence-electron chi connectivity index (χ2n) is 6.40. The lowest BCUT2D eigenvalue weighted by Gasteiger charge is -2.10. The molecule has 2 N–H and O–H groups in total. The Morgan fingerprint density at radius 3 is 2.72 bits per heavy atom. The summed E-state index contributed by atoms with van der Waals surface area (Å²) in [5.41, 5.74) is 5.93. The number of hydrogen-bond donors (Lipinski definition) is 2. The number of nitrogens with zero attached hydrogens (tertiary/aromatic N) is 1. The highest BCUT2D eigenvalue weighted by Crippen LogP contribution is 2.22. The number of hydrogen-bond acceptors (Lipinski definition) is 3. The molecule has 4 rings (SSSR count). The average Bonchev–Trinajstić information content (AvgIpc) is 3.15. The number of halogens is 1. The fourth-order valence-electron chi connectivity index (χ4n) is 2.96. The number of H-pyrrole nitrogens is 1. The summed E-state index contributed by atoms with van der Waals surface area (Å²) in [6, 6.07) is 22.9. The monoisotopic (exact) mass is 447 g/mol. The minimum atomic E-state index is -0.328. The Morgan fingerprint density at radius 1 is 1.07 bits per heavy atom. The van der Waals surface area contributed by atoms with Gasteiger partial charge in [-0.3, -0.25) is 4.79 Å². The van der Waals surface area contributed by atoms with Crippen LogP contribution < -0.4 is 10.2 Å². The first-order valence-electron chi connectivity index (χ1n) is 9.06. The molecule has 0 bridgehead atoms. The highest BCUT2D eigenvalue weighted by Gasteiger charge is 2.11. The van der Waals surface area contributed by atoms with Gasteiger partial charge in [0.1, 0.15) is 12.4 Å². The molecule has 0 aliphatic heterocycles. The molecule has 0 saturated carbocycles. The Balaban J connectivity index is 1.45. The minimum Gasteiger partial charge on any atom is -0.488 e. The maximum absolute atomic E-state index is 12.6. The van der Waals surface area contributed by atoms with Crippen LogP contribution in [-0.4, -0.2) is 17.1 Å². The number of ether oxygens (including phenoxy) is 1. The van der Waals surface area contributed by atoms with Crippen LogP contribution in [0.25, 0.3) is 10.9 Å². The Labute approximate surface area is 176 Å². The van der Waals surface area contributed by atoms with E-state index >= 15 is 0 Å². The molecule has 0 unspecified atom stereocenters. The molecule has 3 aromatic carbocycles. The van der Waals surface area contributed by atoms with E-state index in [2.05, 4.69) is 31.4 Å². The number of carbonyl (C=O) groups excluding carboxylic acids is 1. The van der Waals surface area contributed by atoms with Crippen LogP contribution >= 0.6 is 15.9 Å². The highest BCUT2D eigenvalue weighted by atomic mass is 79.9. The van der Waals surface area contributed by atoms with Gasteiger partial charge >= 0.3 is 0 Å². The second-order valence-corrected chi connectivity index (χ2v) is 7.32. The van der Waals surface area contributed by atoms with E-state index in [4.69, 9.17) is 4.74 Å². The van der Waals surface area contributed by atoms with Gasteiger partial charge in [0.05, 0.1) is 11.8 Å². The zero-order valence-corrected chi connectivity index (χ0v) is 17.0. The van der Waals surface area contributed by atoms with Gasteiger partial charge < -0.3 is 9.72 Å². The number of fused-ring (bicyclic) bond motifs is 1. The van der Waals surface area contributed by atoms with E-state index < -0.39 is 0 Å². The third kappa shape index (κ3) is 4.55. The minimum absolute atomic E-state index is 0.328. The molecule has 0 aliphatic carbocycles. The van der Waals surface area contributed by atoms with Crippen LogP contribution in [0.5, 0.6) is 5.75 Å². The van der Waals surface area contributed by atoms with Crippen molar-refractivity contribution in [2.75, 3.05) is 0 Å². The molecule has 144 valence electrons. The van der Waals surface area contributed by atoms with Gasteiger partial charge in [-0.2, -0.15) is 5.10 Å². The molecular formula is C23H18BrN3O2. The molecule has 0 spiro atoms. The van der Waals surface area contributed by atoms with Gasteiger partial charge in [-0.05, 0) is 35.9 Å². The Kier molecular flexibility index (Phi) is 5.72. The van der Waals surface area contributed by atoms with Gasteiger partial charge in [0.25, 0.3) is 5.91 Å². The molecule has 29 heavy (non-hydrogen) atoms. The first kappa shape index (κ1) is 19.0. The second kappa shape index (κ2) is 8.75. The number of rotatable bonds is 6. The number of nitrogens with one attached hydrogen (secondary N) is 2. The summed E-state index contributed by atoms with van der Waals surface area (Å²) in [4.78, 5) is 15.8. The standard InChI is InChI=1S/C23H18BrN3O2/c24-18-10-11-21-20(12-18)17(13-25-21)14-26-27-23(28)19-8-4-5-9-22(19)29-15-16-6-2-1-3-7-16/h1-14,25H,15H2,(H,27,28)/b26-14-. The summed E-state index contributed by atoms with van der Waals surface area (Å²) in [6.07, 6.45) is 3.47. The molecule has 6 heteroatoms. The molecule has 1 amide bonds. The Morgan fingerprint density at radius 2 is 1.86 bits per heavy atom. The number of para-hydroxylation sites is 1. The Hall–Kier alpha value is -3.38. The maximum Gasteiger partial charge on any atom is 0.275 e. The normalized spacial score (nSPS) is 11.1.